The first-order chi connectivity index (χ1) is 8.75. The number of sulfone groups is 1. The Bertz CT molecular complexity index is 572. The number of benzene rings is 1. The van der Waals surface area contributed by atoms with Crippen molar-refractivity contribution in [3.05, 3.63) is 28.8 Å². The lowest BCUT2D eigenvalue weighted by molar-refractivity contribution is 0.100. The molecule has 0 bridgehead atoms. The Balaban J connectivity index is 2.78. The Labute approximate surface area is 118 Å². The first-order valence-electron chi connectivity index (χ1n) is 5.81. The topological polar surface area (TPSA) is 89.3 Å². The number of amides is 1. The van der Waals surface area contributed by atoms with Crippen molar-refractivity contribution in [1.82, 2.24) is 0 Å². The molecule has 1 rings (SSSR count). The quantitative estimate of drug-likeness (QED) is 0.836. The molecule has 0 radical (unpaired) electrons. The molecule has 3 N–H and O–H groups in total. The molecule has 0 fully saturated rings. The molecule has 1 amide bonds. The van der Waals surface area contributed by atoms with Gasteiger partial charge in [-0.2, -0.15) is 0 Å². The summed E-state index contributed by atoms with van der Waals surface area (Å²) in [7, 11) is -3.04. The monoisotopic (exact) mass is 304 g/mol. The van der Waals surface area contributed by atoms with Crippen LogP contribution < -0.4 is 11.1 Å². The van der Waals surface area contributed by atoms with Gasteiger partial charge in [0.1, 0.15) is 0 Å². The zero-order chi connectivity index (χ0) is 14.6. The van der Waals surface area contributed by atoms with Crippen LogP contribution in [0, 0.1) is 0 Å². The van der Waals surface area contributed by atoms with Crippen LogP contribution in [0.15, 0.2) is 18.2 Å². The third-order valence-corrected chi connectivity index (χ3v) is 4.79. The number of halogens is 1. The van der Waals surface area contributed by atoms with Crippen molar-refractivity contribution in [2.45, 2.75) is 19.9 Å². The van der Waals surface area contributed by atoms with Gasteiger partial charge in [-0.05, 0) is 25.1 Å². The molecule has 0 saturated heterocycles. The molecule has 0 saturated carbocycles. The summed E-state index contributed by atoms with van der Waals surface area (Å²) in [4.78, 5) is 11.0. The summed E-state index contributed by atoms with van der Waals surface area (Å²) < 4.78 is 23.0. The van der Waals surface area contributed by atoms with Crippen LogP contribution >= 0.6 is 11.6 Å². The van der Waals surface area contributed by atoms with Gasteiger partial charge in [-0.25, -0.2) is 8.42 Å². The highest BCUT2D eigenvalue weighted by atomic mass is 35.5. The Morgan fingerprint density at radius 3 is 2.58 bits per heavy atom. The molecule has 0 aromatic heterocycles. The first kappa shape index (κ1) is 15.8. The number of rotatable bonds is 6. The van der Waals surface area contributed by atoms with Gasteiger partial charge in [-0.1, -0.05) is 18.5 Å². The normalized spacial score (nSPS) is 13.0. The molecule has 7 heteroatoms. The number of carbonyl (C=O) groups is 1. The van der Waals surface area contributed by atoms with Gasteiger partial charge in [-0.3, -0.25) is 4.79 Å². The summed E-state index contributed by atoms with van der Waals surface area (Å²) in [6, 6.07) is 4.45. The molecule has 0 aliphatic carbocycles. The minimum Gasteiger partial charge on any atom is -0.382 e. The summed E-state index contributed by atoms with van der Waals surface area (Å²) in [5.74, 6) is -0.447. The largest absolute Gasteiger partial charge is 0.382 e. The van der Waals surface area contributed by atoms with E-state index in [1.54, 1.807) is 26.0 Å². The summed E-state index contributed by atoms with van der Waals surface area (Å²) in [5.41, 5.74) is 6.03. The SMILES string of the molecule is CCS(=O)(=O)CC(C)Nc1ccc(C(N)=O)c(Cl)c1. The number of nitrogens with two attached hydrogens (primary N) is 1. The van der Waals surface area contributed by atoms with Gasteiger partial charge >= 0.3 is 0 Å². The van der Waals surface area contributed by atoms with Crippen molar-refractivity contribution in [3.8, 4) is 0 Å². The number of hydrogen-bond donors (Lipinski definition) is 2. The second-order valence-corrected chi connectivity index (χ2v) is 7.11. The van der Waals surface area contributed by atoms with E-state index in [9.17, 15) is 13.2 Å². The Morgan fingerprint density at radius 1 is 1.47 bits per heavy atom. The summed E-state index contributed by atoms with van der Waals surface area (Å²) in [5, 5.41) is 3.26. The number of hydrogen-bond acceptors (Lipinski definition) is 4. The van der Waals surface area contributed by atoms with Crippen LogP contribution in [0.25, 0.3) is 0 Å². The van der Waals surface area contributed by atoms with E-state index in [0.29, 0.717) is 5.69 Å². The van der Waals surface area contributed by atoms with Gasteiger partial charge in [0, 0.05) is 17.5 Å². The van der Waals surface area contributed by atoms with Crippen molar-refractivity contribution in [2.75, 3.05) is 16.8 Å². The van der Waals surface area contributed by atoms with Gasteiger partial charge in [0.2, 0.25) is 5.91 Å². The van der Waals surface area contributed by atoms with Crippen molar-refractivity contribution < 1.29 is 13.2 Å². The predicted molar refractivity (Wildman–Crippen MR) is 77.4 cm³/mol. The van der Waals surface area contributed by atoms with E-state index in [4.69, 9.17) is 17.3 Å². The molecular formula is C12H17ClN2O3S. The average Bonchev–Trinajstić information content (AvgIpc) is 2.27. The van der Waals surface area contributed by atoms with E-state index >= 15 is 0 Å². The van der Waals surface area contributed by atoms with Crippen molar-refractivity contribution >= 4 is 33.0 Å². The fourth-order valence-electron chi connectivity index (χ4n) is 1.63. The van der Waals surface area contributed by atoms with E-state index in [1.165, 1.54) is 6.07 Å². The molecule has 1 aromatic rings. The van der Waals surface area contributed by atoms with Gasteiger partial charge in [0.05, 0.1) is 16.3 Å². The standard InChI is InChI=1S/C12H17ClN2O3S/c1-3-19(17,18)7-8(2)15-9-4-5-10(12(14)16)11(13)6-9/h4-6,8,15H,3,7H2,1-2H3,(H2,14,16). The molecule has 1 unspecified atom stereocenters. The van der Waals surface area contributed by atoms with Crippen LogP contribution in [0.3, 0.4) is 0 Å². The van der Waals surface area contributed by atoms with E-state index in [2.05, 4.69) is 5.32 Å². The molecule has 1 aromatic carbocycles. The zero-order valence-corrected chi connectivity index (χ0v) is 12.4. The highest BCUT2D eigenvalue weighted by molar-refractivity contribution is 7.91. The van der Waals surface area contributed by atoms with Gasteiger partial charge < -0.3 is 11.1 Å². The molecule has 19 heavy (non-hydrogen) atoms. The van der Waals surface area contributed by atoms with Crippen molar-refractivity contribution in [2.24, 2.45) is 5.73 Å². The highest BCUT2D eigenvalue weighted by Crippen LogP contribution is 2.21. The Morgan fingerprint density at radius 2 is 2.11 bits per heavy atom. The van der Waals surface area contributed by atoms with Crippen LogP contribution in [0.2, 0.25) is 5.02 Å². The van der Waals surface area contributed by atoms with E-state index in [0.717, 1.165) is 0 Å². The Kier molecular flexibility index (Phi) is 5.20. The smallest absolute Gasteiger partial charge is 0.250 e. The lowest BCUT2D eigenvalue weighted by Crippen LogP contribution is -2.26. The number of carbonyl (C=O) groups excluding carboxylic acids is 1. The molecule has 106 valence electrons. The van der Waals surface area contributed by atoms with Crippen LogP contribution in [0.4, 0.5) is 5.69 Å². The van der Waals surface area contributed by atoms with Gasteiger partial charge in [0.25, 0.3) is 0 Å². The number of nitrogens with one attached hydrogen (secondary N) is 1. The first-order valence-corrected chi connectivity index (χ1v) is 8.01. The molecular weight excluding hydrogens is 288 g/mol. The van der Waals surface area contributed by atoms with E-state index in [1.807, 2.05) is 0 Å². The summed E-state index contributed by atoms with van der Waals surface area (Å²) >= 11 is 5.91. The maximum atomic E-state index is 11.5. The lowest BCUT2D eigenvalue weighted by atomic mass is 10.2. The third-order valence-electron chi connectivity index (χ3n) is 2.59. The third kappa shape index (κ3) is 4.72. The van der Waals surface area contributed by atoms with E-state index < -0.39 is 15.7 Å². The zero-order valence-electron chi connectivity index (χ0n) is 10.8. The highest BCUT2D eigenvalue weighted by Gasteiger charge is 2.14. The molecule has 1 atom stereocenters. The van der Waals surface area contributed by atoms with Crippen molar-refractivity contribution in [3.63, 3.8) is 0 Å². The van der Waals surface area contributed by atoms with Crippen LogP contribution in [0.1, 0.15) is 24.2 Å². The fourth-order valence-corrected chi connectivity index (χ4v) is 2.98. The number of primary amides is 1. The summed E-state index contributed by atoms with van der Waals surface area (Å²) in [6.07, 6.45) is 0. The molecule has 5 nitrogen and oxygen atoms in total. The van der Waals surface area contributed by atoms with Crippen LogP contribution in [-0.2, 0) is 9.84 Å². The molecule has 0 aliphatic heterocycles. The van der Waals surface area contributed by atoms with Crippen LogP contribution in [0.5, 0.6) is 0 Å². The van der Waals surface area contributed by atoms with E-state index in [-0.39, 0.29) is 28.1 Å². The van der Waals surface area contributed by atoms with Crippen molar-refractivity contribution in [1.29, 1.82) is 0 Å². The summed E-state index contributed by atoms with van der Waals surface area (Å²) in [6.45, 7) is 3.38. The predicted octanol–water partition coefficient (Wildman–Crippen LogP) is 1.67. The molecule has 0 spiro atoms. The molecule has 0 aliphatic rings. The molecule has 0 heterocycles. The maximum absolute atomic E-state index is 11.5. The number of anilines is 1. The van der Waals surface area contributed by atoms with Gasteiger partial charge in [0.15, 0.2) is 9.84 Å². The second-order valence-electron chi connectivity index (χ2n) is 4.30. The minimum atomic E-state index is -3.04. The maximum Gasteiger partial charge on any atom is 0.250 e. The fraction of sp³-hybridized carbons (Fsp3) is 0.417. The minimum absolute atomic E-state index is 0.0404. The van der Waals surface area contributed by atoms with Crippen LogP contribution in [-0.4, -0.2) is 31.9 Å². The van der Waals surface area contributed by atoms with Gasteiger partial charge in [-0.15, -0.1) is 0 Å². The Hall–Kier alpha value is -1.27. The lowest BCUT2D eigenvalue weighted by Gasteiger charge is -2.15. The average molecular weight is 305 g/mol. The second kappa shape index (κ2) is 6.25.